The first kappa shape index (κ1) is 21.1. The van der Waals surface area contributed by atoms with E-state index >= 15 is 0 Å². The van der Waals surface area contributed by atoms with E-state index in [0.717, 1.165) is 10.4 Å². The quantitative estimate of drug-likeness (QED) is 0.691. The van der Waals surface area contributed by atoms with Gasteiger partial charge in [0, 0.05) is 32.7 Å². The van der Waals surface area contributed by atoms with E-state index in [1.54, 1.807) is 14.2 Å². The first-order chi connectivity index (χ1) is 14.0. The zero-order chi connectivity index (χ0) is 20.8. The highest BCUT2D eigenvalue weighted by atomic mass is 32.1. The predicted molar refractivity (Wildman–Crippen MR) is 113 cm³/mol. The Labute approximate surface area is 175 Å². The molecule has 156 valence electrons. The molecule has 1 aliphatic heterocycles. The summed E-state index contributed by atoms with van der Waals surface area (Å²) in [5.41, 5.74) is 1.05. The summed E-state index contributed by atoms with van der Waals surface area (Å²) >= 11 is 1.45. The number of amides is 2. The predicted octanol–water partition coefficient (Wildman–Crippen LogP) is 2.18. The average molecular weight is 418 g/mol. The van der Waals surface area contributed by atoms with E-state index in [1.807, 2.05) is 57.5 Å². The normalized spacial score (nSPS) is 14.2. The molecule has 0 aliphatic carbocycles. The third-order valence-electron chi connectivity index (χ3n) is 4.96. The Bertz CT molecular complexity index is 832. The first-order valence-electron chi connectivity index (χ1n) is 9.52. The lowest BCUT2D eigenvalue weighted by Crippen LogP contribution is -2.52. The van der Waals surface area contributed by atoms with Gasteiger partial charge in [0.1, 0.15) is 0 Å². The SMILES string of the molecule is COc1ccc(CN(C)CC(=O)N2CCN(C(=O)c3cccs3)CC2)cc1OC. The van der Waals surface area contributed by atoms with Crippen LogP contribution in [0.1, 0.15) is 15.2 Å². The van der Waals surface area contributed by atoms with Gasteiger partial charge in [0.05, 0.1) is 25.6 Å². The van der Waals surface area contributed by atoms with Crippen molar-refractivity contribution in [3.8, 4) is 11.5 Å². The van der Waals surface area contributed by atoms with Crippen molar-refractivity contribution < 1.29 is 19.1 Å². The molecular formula is C21H27N3O4S. The van der Waals surface area contributed by atoms with Crippen molar-refractivity contribution in [1.82, 2.24) is 14.7 Å². The molecule has 1 fully saturated rings. The maximum Gasteiger partial charge on any atom is 0.264 e. The Morgan fingerprint density at radius 2 is 1.72 bits per heavy atom. The molecule has 0 radical (unpaired) electrons. The van der Waals surface area contributed by atoms with E-state index in [-0.39, 0.29) is 11.8 Å². The van der Waals surface area contributed by atoms with Gasteiger partial charge in [0.25, 0.3) is 5.91 Å². The number of nitrogens with zero attached hydrogens (tertiary/aromatic N) is 3. The van der Waals surface area contributed by atoms with Crippen LogP contribution in [-0.2, 0) is 11.3 Å². The Balaban J connectivity index is 1.48. The molecule has 7 nitrogen and oxygen atoms in total. The molecule has 0 N–H and O–H groups in total. The Hall–Kier alpha value is -2.58. The molecule has 1 aromatic heterocycles. The molecule has 0 bridgehead atoms. The van der Waals surface area contributed by atoms with Crippen LogP contribution in [-0.4, -0.2) is 80.5 Å². The van der Waals surface area contributed by atoms with Crippen LogP contribution in [0.25, 0.3) is 0 Å². The van der Waals surface area contributed by atoms with Gasteiger partial charge < -0.3 is 19.3 Å². The van der Waals surface area contributed by atoms with Crippen molar-refractivity contribution in [2.45, 2.75) is 6.54 Å². The van der Waals surface area contributed by atoms with E-state index in [2.05, 4.69) is 0 Å². The minimum absolute atomic E-state index is 0.0534. The topological polar surface area (TPSA) is 62.3 Å². The maximum absolute atomic E-state index is 12.7. The molecule has 2 aromatic rings. The molecule has 2 heterocycles. The molecule has 0 unspecified atom stereocenters. The molecular weight excluding hydrogens is 390 g/mol. The van der Waals surface area contributed by atoms with Crippen molar-refractivity contribution in [3.05, 3.63) is 46.2 Å². The van der Waals surface area contributed by atoms with Crippen molar-refractivity contribution in [3.63, 3.8) is 0 Å². The molecule has 3 rings (SSSR count). The van der Waals surface area contributed by atoms with Crippen LogP contribution in [0.5, 0.6) is 11.5 Å². The van der Waals surface area contributed by atoms with Gasteiger partial charge >= 0.3 is 0 Å². The van der Waals surface area contributed by atoms with Gasteiger partial charge in [-0.3, -0.25) is 14.5 Å². The van der Waals surface area contributed by atoms with Crippen molar-refractivity contribution >= 4 is 23.2 Å². The van der Waals surface area contributed by atoms with Gasteiger partial charge in [-0.1, -0.05) is 12.1 Å². The van der Waals surface area contributed by atoms with Gasteiger partial charge in [-0.25, -0.2) is 0 Å². The Kier molecular flexibility index (Phi) is 7.11. The number of hydrogen-bond acceptors (Lipinski definition) is 6. The van der Waals surface area contributed by atoms with Crippen LogP contribution in [0, 0.1) is 0 Å². The van der Waals surface area contributed by atoms with Crippen molar-refractivity contribution in [2.75, 3.05) is 54.0 Å². The standard InChI is InChI=1S/C21H27N3O4S/c1-22(14-16-6-7-17(27-2)18(13-16)28-3)15-20(25)23-8-10-24(11-9-23)21(26)19-5-4-12-29-19/h4-7,12-13H,8-11,14-15H2,1-3H3. The lowest BCUT2D eigenvalue weighted by molar-refractivity contribution is -0.133. The molecule has 1 aromatic carbocycles. The molecule has 1 saturated heterocycles. The summed E-state index contributed by atoms with van der Waals surface area (Å²) in [6.45, 7) is 3.24. The average Bonchev–Trinajstić information content (AvgIpc) is 3.28. The Morgan fingerprint density at radius 3 is 2.34 bits per heavy atom. The Morgan fingerprint density at radius 1 is 1.03 bits per heavy atom. The van der Waals surface area contributed by atoms with Crippen molar-refractivity contribution in [2.24, 2.45) is 0 Å². The fourth-order valence-corrected chi connectivity index (χ4v) is 4.08. The summed E-state index contributed by atoms with van der Waals surface area (Å²) in [7, 11) is 5.14. The number of methoxy groups -OCH3 is 2. The molecule has 2 amide bonds. The number of ether oxygens (including phenoxy) is 2. The maximum atomic E-state index is 12.7. The molecule has 0 saturated carbocycles. The third-order valence-corrected chi connectivity index (χ3v) is 5.82. The lowest BCUT2D eigenvalue weighted by atomic mass is 10.2. The molecule has 29 heavy (non-hydrogen) atoms. The number of likely N-dealkylation sites (N-methyl/N-ethyl adjacent to an activating group) is 1. The van der Waals surface area contributed by atoms with Crippen LogP contribution >= 0.6 is 11.3 Å². The minimum Gasteiger partial charge on any atom is -0.493 e. The molecule has 0 atom stereocenters. The summed E-state index contributed by atoms with van der Waals surface area (Å²) in [4.78, 5) is 31.5. The fraction of sp³-hybridized carbons (Fsp3) is 0.429. The van der Waals surface area contributed by atoms with Gasteiger partial charge in [0.15, 0.2) is 11.5 Å². The molecule has 1 aliphatic rings. The monoisotopic (exact) mass is 417 g/mol. The van der Waals surface area contributed by atoms with Crippen LogP contribution in [0.15, 0.2) is 35.7 Å². The number of hydrogen-bond donors (Lipinski definition) is 0. The number of thiophene rings is 1. The smallest absolute Gasteiger partial charge is 0.264 e. The van der Waals surface area contributed by atoms with Crippen LogP contribution in [0.2, 0.25) is 0 Å². The van der Waals surface area contributed by atoms with E-state index in [4.69, 9.17) is 9.47 Å². The molecule has 0 spiro atoms. The third kappa shape index (κ3) is 5.27. The van der Waals surface area contributed by atoms with Gasteiger partial charge in [-0.2, -0.15) is 0 Å². The zero-order valence-corrected chi connectivity index (χ0v) is 17.9. The van der Waals surface area contributed by atoms with Gasteiger partial charge in [-0.05, 0) is 36.2 Å². The minimum atomic E-state index is 0.0534. The number of rotatable bonds is 7. The number of piperazine rings is 1. The summed E-state index contributed by atoms with van der Waals surface area (Å²) in [5, 5.41) is 1.90. The van der Waals surface area contributed by atoms with E-state index < -0.39 is 0 Å². The second-order valence-electron chi connectivity index (χ2n) is 7.01. The number of carbonyl (C=O) groups is 2. The summed E-state index contributed by atoms with van der Waals surface area (Å²) < 4.78 is 10.6. The number of carbonyl (C=O) groups excluding carboxylic acids is 2. The zero-order valence-electron chi connectivity index (χ0n) is 17.1. The fourth-order valence-electron chi connectivity index (χ4n) is 3.39. The highest BCUT2D eigenvalue weighted by Gasteiger charge is 2.25. The number of benzene rings is 1. The summed E-state index contributed by atoms with van der Waals surface area (Å²) in [5.74, 6) is 1.50. The van der Waals surface area contributed by atoms with E-state index in [9.17, 15) is 9.59 Å². The largest absolute Gasteiger partial charge is 0.493 e. The lowest BCUT2D eigenvalue weighted by Gasteiger charge is -2.35. The van der Waals surface area contributed by atoms with E-state index in [0.29, 0.717) is 50.8 Å². The van der Waals surface area contributed by atoms with Crippen molar-refractivity contribution in [1.29, 1.82) is 0 Å². The second-order valence-corrected chi connectivity index (χ2v) is 7.96. The summed E-state index contributed by atoms with van der Waals surface area (Å²) in [6.07, 6.45) is 0. The van der Waals surface area contributed by atoms with Crippen LogP contribution < -0.4 is 9.47 Å². The van der Waals surface area contributed by atoms with Gasteiger partial charge in [-0.15, -0.1) is 11.3 Å². The summed E-state index contributed by atoms with van der Waals surface area (Å²) in [6, 6.07) is 9.49. The van der Waals surface area contributed by atoms with Crippen LogP contribution in [0.4, 0.5) is 0 Å². The second kappa shape index (κ2) is 9.76. The van der Waals surface area contributed by atoms with E-state index in [1.165, 1.54) is 11.3 Å². The van der Waals surface area contributed by atoms with Gasteiger partial charge in [0.2, 0.25) is 5.91 Å². The highest BCUT2D eigenvalue weighted by Crippen LogP contribution is 2.27. The molecule has 8 heteroatoms. The van der Waals surface area contributed by atoms with Crippen LogP contribution in [0.3, 0.4) is 0 Å². The highest BCUT2D eigenvalue weighted by molar-refractivity contribution is 7.12. The first-order valence-corrected chi connectivity index (χ1v) is 10.4.